The number of urea groups is 1. The molecule has 0 atom stereocenters. The number of amides is 3. The molecule has 2 heterocycles. The third kappa shape index (κ3) is 6.49. The normalized spacial score (nSPS) is 11.1. The van der Waals surface area contributed by atoms with Gasteiger partial charge in [-0.25, -0.2) is 14.9 Å². The number of hydrazone groups is 1. The minimum Gasteiger partial charge on any atom is -0.480 e. The zero-order valence-electron chi connectivity index (χ0n) is 20.9. The van der Waals surface area contributed by atoms with E-state index in [1.807, 2.05) is 49.4 Å². The van der Waals surface area contributed by atoms with Crippen molar-refractivity contribution in [2.45, 2.75) is 20.4 Å². The predicted molar refractivity (Wildman–Crippen MR) is 144 cm³/mol. The molecule has 0 unspecified atom stereocenters. The first-order valence-electron chi connectivity index (χ1n) is 11.8. The average Bonchev–Trinajstić information content (AvgIpc) is 3.29. The number of rotatable bonds is 8. The molecular weight excluding hydrogens is 486 g/mol. The van der Waals surface area contributed by atoms with Crippen molar-refractivity contribution < 1.29 is 14.3 Å². The first kappa shape index (κ1) is 25.8. The molecule has 2 aromatic carbocycles. The lowest BCUT2D eigenvalue weighted by Gasteiger charge is -2.13. The van der Waals surface area contributed by atoms with Gasteiger partial charge in [-0.3, -0.25) is 10.1 Å². The number of nitrogen functional groups attached to an aromatic ring is 1. The number of hydrogen-bond acceptors (Lipinski definition) is 8. The van der Waals surface area contributed by atoms with E-state index in [0.29, 0.717) is 29.7 Å². The van der Waals surface area contributed by atoms with E-state index in [4.69, 9.17) is 10.5 Å². The summed E-state index contributed by atoms with van der Waals surface area (Å²) in [6.45, 7) is 4.09. The van der Waals surface area contributed by atoms with E-state index in [1.54, 1.807) is 31.2 Å². The second-order valence-electron chi connectivity index (χ2n) is 8.01. The summed E-state index contributed by atoms with van der Waals surface area (Å²) >= 11 is 0. The molecule has 0 aliphatic carbocycles. The minimum atomic E-state index is -0.516. The molecule has 0 aliphatic heterocycles. The number of nitrogens with one attached hydrogen (secondary N) is 3. The number of carbonyl (C=O) groups is 2. The summed E-state index contributed by atoms with van der Waals surface area (Å²) in [5.41, 5.74) is 11.6. The standard InChI is InChI=1S/C26H27N9O3/c1-3-38-17(2)31-34-25(36)20-15-28-35(24(20)27)16-19-11-7-8-12-21(19)29-26(37)30-23-14-13-22(32-33-23)18-9-5-4-6-10-18/h4-15H,3,16,27H2,1-2H3,(H,34,36)(H2,29,30,33,37). The summed E-state index contributed by atoms with van der Waals surface area (Å²) in [5.74, 6) is 0.259. The third-order valence-corrected chi connectivity index (χ3v) is 5.35. The number of hydrogen-bond donors (Lipinski definition) is 4. The van der Waals surface area contributed by atoms with Crippen LogP contribution < -0.4 is 21.8 Å². The van der Waals surface area contributed by atoms with Crippen LogP contribution in [-0.2, 0) is 11.3 Å². The smallest absolute Gasteiger partial charge is 0.324 e. The fourth-order valence-electron chi connectivity index (χ4n) is 3.50. The van der Waals surface area contributed by atoms with E-state index in [0.717, 1.165) is 11.1 Å². The van der Waals surface area contributed by atoms with Gasteiger partial charge in [0.1, 0.15) is 11.4 Å². The van der Waals surface area contributed by atoms with Gasteiger partial charge in [-0.15, -0.1) is 15.3 Å². The molecule has 194 valence electrons. The third-order valence-electron chi connectivity index (χ3n) is 5.35. The number of carbonyl (C=O) groups excluding carboxylic acids is 2. The lowest BCUT2D eigenvalue weighted by Crippen LogP contribution is -2.22. The van der Waals surface area contributed by atoms with Crippen molar-refractivity contribution in [3.63, 3.8) is 0 Å². The number of para-hydroxylation sites is 1. The van der Waals surface area contributed by atoms with E-state index in [1.165, 1.54) is 10.9 Å². The Morgan fingerprint density at radius 3 is 2.50 bits per heavy atom. The Kier molecular flexibility index (Phi) is 8.24. The molecule has 38 heavy (non-hydrogen) atoms. The van der Waals surface area contributed by atoms with Crippen LogP contribution >= 0.6 is 0 Å². The molecule has 3 amide bonds. The highest BCUT2D eigenvalue weighted by atomic mass is 16.5. The summed E-state index contributed by atoms with van der Waals surface area (Å²) in [4.78, 5) is 25.1. The Labute approximate surface area is 218 Å². The number of benzene rings is 2. The van der Waals surface area contributed by atoms with Gasteiger partial charge in [0, 0.05) is 18.2 Å². The van der Waals surface area contributed by atoms with Gasteiger partial charge in [-0.2, -0.15) is 5.10 Å². The van der Waals surface area contributed by atoms with Crippen LogP contribution in [0.4, 0.5) is 22.1 Å². The largest absolute Gasteiger partial charge is 0.480 e. The summed E-state index contributed by atoms with van der Waals surface area (Å²) in [6.07, 6.45) is 1.36. The van der Waals surface area contributed by atoms with Crippen molar-refractivity contribution in [2.24, 2.45) is 5.10 Å². The second-order valence-corrected chi connectivity index (χ2v) is 8.01. The Hall–Kier alpha value is -5.26. The highest BCUT2D eigenvalue weighted by molar-refractivity contribution is 6.00. The Morgan fingerprint density at radius 2 is 1.76 bits per heavy atom. The van der Waals surface area contributed by atoms with Crippen molar-refractivity contribution in [3.8, 4) is 11.3 Å². The van der Waals surface area contributed by atoms with Gasteiger partial charge in [0.2, 0.25) is 5.90 Å². The average molecular weight is 514 g/mol. The molecule has 0 radical (unpaired) electrons. The van der Waals surface area contributed by atoms with Gasteiger partial charge >= 0.3 is 6.03 Å². The molecular formula is C26H27N9O3. The topological polar surface area (TPSA) is 161 Å². The van der Waals surface area contributed by atoms with Crippen LogP contribution in [-0.4, -0.2) is 44.4 Å². The molecule has 0 saturated heterocycles. The van der Waals surface area contributed by atoms with Gasteiger partial charge in [0.15, 0.2) is 5.82 Å². The van der Waals surface area contributed by atoms with Gasteiger partial charge < -0.3 is 15.8 Å². The fourth-order valence-corrected chi connectivity index (χ4v) is 3.50. The van der Waals surface area contributed by atoms with Crippen LogP contribution in [0, 0.1) is 0 Å². The lowest BCUT2D eigenvalue weighted by molar-refractivity contribution is 0.0953. The Bertz CT molecular complexity index is 1430. The molecule has 0 bridgehead atoms. The van der Waals surface area contributed by atoms with Gasteiger partial charge in [0.25, 0.3) is 5.91 Å². The van der Waals surface area contributed by atoms with Crippen LogP contribution in [0.3, 0.4) is 0 Å². The van der Waals surface area contributed by atoms with Crippen molar-refractivity contribution in [1.82, 2.24) is 25.4 Å². The maximum Gasteiger partial charge on any atom is 0.324 e. The quantitative estimate of drug-likeness (QED) is 0.159. The van der Waals surface area contributed by atoms with E-state index < -0.39 is 11.9 Å². The molecule has 0 aliphatic rings. The van der Waals surface area contributed by atoms with E-state index in [2.05, 4.69) is 36.5 Å². The summed E-state index contributed by atoms with van der Waals surface area (Å²) in [5, 5.41) is 21.8. The molecule has 0 spiro atoms. The van der Waals surface area contributed by atoms with Crippen LogP contribution in [0.5, 0.6) is 0 Å². The number of nitrogens with two attached hydrogens (primary N) is 1. The van der Waals surface area contributed by atoms with Crippen molar-refractivity contribution in [2.75, 3.05) is 23.0 Å². The molecule has 5 N–H and O–H groups in total. The van der Waals surface area contributed by atoms with Crippen LogP contribution in [0.1, 0.15) is 29.8 Å². The monoisotopic (exact) mass is 513 g/mol. The molecule has 4 rings (SSSR count). The Balaban J connectivity index is 1.40. The van der Waals surface area contributed by atoms with Gasteiger partial charge in [-0.05, 0) is 30.7 Å². The highest BCUT2D eigenvalue weighted by Gasteiger charge is 2.17. The number of ether oxygens (including phenoxy) is 1. The molecule has 12 heteroatoms. The number of aromatic nitrogens is 4. The zero-order chi connectivity index (χ0) is 26.9. The second kappa shape index (κ2) is 12.1. The van der Waals surface area contributed by atoms with Gasteiger partial charge in [-0.1, -0.05) is 48.5 Å². The van der Waals surface area contributed by atoms with Crippen molar-refractivity contribution >= 4 is 35.2 Å². The fraction of sp³-hybridized carbons (Fsp3) is 0.154. The van der Waals surface area contributed by atoms with Gasteiger partial charge in [0.05, 0.1) is 25.0 Å². The molecule has 4 aromatic rings. The summed E-state index contributed by atoms with van der Waals surface area (Å²) in [6, 6.07) is 19.8. The predicted octanol–water partition coefficient (Wildman–Crippen LogP) is 3.71. The lowest BCUT2D eigenvalue weighted by atomic mass is 10.1. The Morgan fingerprint density at radius 1 is 1.00 bits per heavy atom. The molecule has 0 fully saturated rings. The molecule has 12 nitrogen and oxygen atoms in total. The van der Waals surface area contributed by atoms with Crippen LogP contribution in [0.25, 0.3) is 11.3 Å². The number of anilines is 3. The highest BCUT2D eigenvalue weighted by Crippen LogP contribution is 2.20. The summed E-state index contributed by atoms with van der Waals surface area (Å²) in [7, 11) is 0. The van der Waals surface area contributed by atoms with Crippen LogP contribution in [0.15, 0.2) is 78.0 Å². The van der Waals surface area contributed by atoms with Crippen molar-refractivity contribution in [1.29, 1.82) is 0 Å². The number of nitrogens with zero attached hydrogens (tertiary/aromatic N) is 5. The van der Waals surface area contributed by atoms with Crippen molar-refractivity contribution in [3.05, 3.63) is 84.1 Å². The minimum absolute atomic E-state index is 0.153. The van der Waals surface area contributed by atoms with E-state index in [9.17, 15) is 9.59 Å². The maximum absolute atomic E-state index is 12.7. The van der Waals surface area contributed by atoms with E-state index in [-0.39, 0.29) is 17.9 Å². The van der Waals surface area contributed by atoms with E-state index >= 15 is 0 Å². The SMILES string of the molecule is CCOC(C)=NNC(=O)c1cnn(Cc2ccccc2NC(=O)Nc2ccc(-c3ccccc3)nn2)c1N. The van der Waals surface area contributed by atoms with Crippen LogP contribution in [0.2, 0.25) is 0 Å². The first-order chi connectivity index (χ1) is 18.4. The maximum atomic E-state index is 12.7. The zero-order valence-corrected chi connectivity index (χ0v) is 20.9. The molecule has 2 aromatic heterocycles. The molecule has 0 saturated carbocycles. The first-order valence-corrected chi connectivity index (χ1v) is 11.8. The summed E-state index contributed by atoms with van der Waals surface area (Å²) < 4.78 is 6.64.